The van der Waals surface area contributed by atoms with Gasteiger partial charge in [0.05, 0.1) is 23.4 Å². The number of carbonyl (C=O) groups is 1. The number of amides is 1. The standard InChI is InChI=1S/C19H21N3O/c1-13-9-17-18(10-14(13)2)22(12-20-17)11-19(23)21-15(3)16-7-5-4-6-8-16/h4-10,12,15H,11H2,1-3H3,(H,21,23). The first-order valence-corrected chi connectivity index (χ1v) is 7.81. The summed E-state index contributed by atoms with van der Waals surface area (Å²) in [6.07, 6.45) is 1.73. The van der Waals surface area contributed by atoms with Crippen LogP contribution in [-0.2, 0) is 11.3 Å². The Morgan fingerprint density at radius 2 is 1.87 bits per heavy atom. The summed E-state index contributed by atoms with van der Waals surface area (Å²) >= 11 is 0. The summed E-state index contributed by atoms with van der Waals surface area (Å²) in [5.41, 5.74) is 5.44. The van der Waals surface area contributed by atoms with Crippen LogP contribution >= 0.6 is 0 Å². The van der Waals surface area contributed by atoms with Crippen molar-refractivity contribution in [2.45, 2.75) is 33.4 Å². The van der Waals surface area contributed by atoms with Crippen molar-refractivity contribution < 1.29 is 4.79 Å². The Bertz CT molecular complexity index is 836. The van der Waals surface area contributed by atoms with Crippen LogP contribution in [0.2, 0.25) is 0 Å². The Labute approximate surface area is 136 Å². The molecule has 0 spiro atoms. The van der Waals surface area contributed by atoms with Crippen molar-refractivity contribution in [2.24, 2.45) is 0 Å². The summed E-state index contributed by atoms with van der Waals surface area (Å²) in [6, 6.07) is 14.1. The molecule has 4 heteroatoms. The molecule has 0 radical (unpaired) electrons. The number of hydrogen-bond acceptors (Lipinski definition) is 2. The topological polar surface area (TPSA) is 46.9 Å². The van der Waals surface area contributed by atoms with E-state index < -0.39 is 0 Å². The molecule has 0 aliphatic rings. The van der Waals surface area contributed by atoms with Crippen molar-refractivity contribution in [3.63, 3.8) is 0 Å². The maximum absolute atomic E-state index is 12.3. The van der Waals surface area contributed by atoms with E-state index in [2.05, 4.69) is 36.3 Å². The van der Waals surface area contributed by atoms with E-state index in [1.54, 1.807) is 6.33 Å². The highest BCUT2D eigenvalue weighted by Gasteiger charge is 2.12. The highest BCUT2D eigenvalue weighted by molar-refractivity contribution is 5.81. The summed E-state index contributed by atoms with van der Waals surface area (Å²) in [5.74, 6) is -0.0149. The van der Waals surface area contributed by atoms with E-state index in [4.69, 9.17) is 0 Å². The van der Waals surface area contributed by atoms with Crippen molar-refractivity contribution in [1.29, 1.82) is 0 Å². The fraction of sp³-hybridized carbons (Fsp3) is 0.263. The van der Waals surface area contributed by atoms with Crippen LogP contribution < -0.4 is 5.32 Å². The van der Waals surface area contributed by atoms with E-state index in [1.165, 1.54) is 11.1 Å². The Kier molecular flexibility index (Phi) is 4.15. The number of aryl methyl sites for hydroxylation is 2. The SMILES string of the molecule is Cc1cc2ncn(CC(=O)NC(C)c3ccccc3)c2cc1C. The van der Waals surface area contributed by atoms with Crippen molar-refractivity contribution in [3.05, 3.63) is 65.5 Å². The third-order valence-electron chi connectivity index (χ3n) is 4.23. The van der Waals surface area contributed by atoms with Crippen LogP contribution in [0.1, 0.15) is 29.7 Å². The zero-order valence-electron chi connectivity index (χ0n) is 13.7. The third-order valence-corrected chi connectivity index (χ3v) is 4.23. The lowest BCUT2D eigenvalue weighted by Crippen LogP contribution is -2.29. The molecule has 118 valence electrons. The molecule has 0 saturated carbocycles. The Morgan fingerprint density at radius 1 is 1.17 bits per heavy atom. The minimum absolute atomic E-state index is 0.0116. The highest BCUT2D eigenvalue weighted by atomic mass is 16.2. The van der Waals surface area contributed by atoms with Gasteiger partial charge < -0.3 is 9.88 Å². The number of nitrogens with zero attached hydrogens (tertiary/aromatic N) is 2. The van der Waals surface area contributed by atoms with Gasteiger partial charge in [-0.15, -0.1) is 0 Å². The van der Waals surface area contributed by atoms with Crippen LogP contribution in [0.4, 0.5) is 0 Å². The van der Waals surface area contributed by atoms with Crippen LogP contribution in [0.5, 0.6) is 0 Å². The average molecular weight is 307 g/mol. The maximum atomic E-state index is 12.3. The van der Waals surface area contributed by atoms with Crippen LogP contribution in [0.3, 0.4) is 0 Å². The number of rotatable bonds is 4. The molecular weight excluding hydrogens is 286 g/mol. The molecule has 1 heterocycles. The van der Waals surface area contributed by atoms with Crippen LogP contribution in [0, 0.1) is 13.8 Å². The van der Waals surface area contributed by atoms with E-state index in [0.29, 0.717) is 0 Å². The lowest BCUT2D eigenvalue weighted by Gasteiger charge is -2.14. The lowest BCUT2D eigenvalue weighted by atomic mass is 10.1. The summed E-state index contributed by atoms with van der Waals surface area (Å²) in [6.45, 7) is 6.41. The number of benzene rings is 2. The van der Waals surface area contributed by atoms with Gasteiger partial charge in [-0.1, -0.05) is 30.3 Å². The third kappa shape index (κ3) is 3.26. The van der Waals surface area contributed by atoms with Gasteiger partial charge in [0, 0.05) is 0 Å². The first kappa shape index (κ1) is 15.3. The molecule has 1 unspecified atom stereocenters. The number of carbonyl (C=O) groups excluding carboxylic acids is 1. The molecule has 3 aromatic rings. The van der Waals surface area contributed by atoms with E-state index in [1.807, 2.05) is 41.8 Å². The van der Waals surface area contributed by atoms with Gasteiger partial charge in [0.25, 0.3) is 0 Å². The second-order valence-corrected chi connectivity index (χ2v) is 6.00. The fourth-order valence-corrected chi connectivity index (χ4v) is 2.71. The molecule has 2 aromatic carbocycles. The van der Waals surface area contributed by atoms with Gasteiger partial charge >= 0.3 is 0 Å². The Hall–Kier alpha value is -2.62. The molecule has 0 fully saturated rings. The van der Waals surface area contributed by atoms with E-state index in [9.17, 15) is 4.79 Å². The molecular formula is C19H21N3O. The van der Waals surface area contributed by atoms with Gasteiger partial charge in [0.15, 0.2) is 0 Å². The number of aromatic nitrogens is 2. The molecule has 1 atom stereocenters. The van der Waals surface area contributed by atoms with Gasteiger partial charge in [-0.3, -0.25) is 4.79 Å². The maximum Gasteiger partial charge on any atom is 0.240 e. The predicted molar refractivity (Wildman–Crippen MR) is 92.2 cm³/mol. The van der Waals surface area contributed by atoms with Crippen LogP contribution in [0.15, 0.2) is 48.8 Å². The van der Waals surface area contributed by atoms with E-state index in [0.717, 1.165) is 16.6 Å². The first-order valence-electron chi connectivity index (χ1n) is 7.81. The van der Waals surface area contributed by atoms with E-state index >= 15 is 0 Å². The average Bonchev–Trinajstić information content (AvgIpc) is 2.90. The minimum Gasteiger partial charge on any atom is -0.348 e. The summed E-state index contributed by atoms with van der Waals surface area (Å²) in [7, 11) is 0. The second-order valence-electron chi connectivity index (χ2n) is 6.00. The molecule has 1 aromatic heterocycles. The zero-order chi connectivity index (χ0) is 16.4. The summed E-state index contributed by atoms with van der Waals surface area (Å²) < 4.78 is 1.90. The van der Waals surface area contributed by atoms with Gasteiger partial charge in [0.1, 0.15) is 6.54 Å². The summed E-state index contributed by atoms with van der Waals surface area (Å²) in [4.78, 5) is 16.7. The predicted octanol–water partition coefficient (Wildman–Crippen LogP) is 3.53. The monoisotopic (exact) mass is 307 g/mol. The smallest absolute Gasteiger partial charge is 0.240 e. The van der Waals surface area contributed by atoms with Gasteiger partial charge in [-0.05, 0) is 49.6 Å². The molecule has 0 saturated heterocycles. The van der Waals surface area contributed by atoms with Crippen molar-refractivity contribution >= 4 is 16.9 Å². The molecule has 3 rings (SSSR count). The molecule has 1 amide bonds. The van der Waals surface area contributed by atoms with Crippen molar-refractivity contribution in [1.82, 2.24) is 14.9 Å². The number of fused-ring (bicyclic) bond motifs is 1. The number of nitrogens with one attached hydrogen (secondary N) is 1. The lowest BCUT2D eigenvalue weighted by molar-refractivity contribution is -0.122. The zero-order valence-corrected chi connectivity index (χ0v) is 13.7. The largest absolute Gasteiger partial charge is 0.348 e. The van der Waals surface area contributed by atoms with Crippen LogP contribution in [0.25, 0.3) is 11.0 Å². The quantitative estimate of drug-likeness (QED) is 0.801. The highest BCUT2D eigenvalue weighted by Crippen LogP contribution is 2.18. The summed E-state index contributed by atoms with van der Waals surface area (Å²) in [5, 5.41) is 3.04. The second kappa shape index (κ2) is 6.24. The van der Waals surface area contributed by atoms with Gasteiger partial charge in [0.2, 0.25) is 5.91 Å². The number of hydrogen-bond donors (Lipinski definition) is 1. The molecule has 4 nitrogen and oxygen atoms in total. The Morgan fingerprint density at radius 3 is 2.61 bits per heavy atom. The molecule has 0 bridgehead atoms. The first-order chi connectivity index (χ1) is 11.0. The van der Waals surface area contributed by atoms with Crippen molar-refractivity contribution in [2.75, 3.05) is 0 Å². The van der Waals surface area contributed by atoms with Crippen molar-refractivity contribution in [3.8, 4) is 0 Å². The van der Waals surface area contributed by atoms with Crippen LogP contribution in [-0.4, -0.2) is 15.5 Å². The van der Waals surface area contributed by atoms with Gasteiger partial charge in [-0.25, -0.2) is 4.98 Å². The van der Waals surface area contributed by atoms with E-state index in [-0.39, 0.29) is 18.5 Å². The Balaban J connectivity index is 1.74. The molecule has 0 aliphatic heterocycles. The normalized spacial score (nSPS) is 12.3. The molecule has 0 aliphatic carbocycles. The molecule has 23 heavy (non-hydrogen) atoms. The number of imidazole rings is 1. The minimum atomic E-state index is -0.0149. The van der Waals surface area contributed by atoms with Gasteiger partial charge in [-0.2, -0.15) is 0 Å². The molecule has 1 N–H and O–H groups in total. The fourth-order valence-electron chi connectivity index (χ4n) is 2.71.